The minimum absolute atomic E-state index is 0.341. The Morgan fingerprint density at radius 2 is 1.81 bits per heavy atom. The highest BCUT2D eigenvalue weighted by molar-refractivity contribution is 5.91. The van der Waals surface area contributed by atoms with Crippen molar-refractivity contribution < 1.29 is 14.3 Å². The second-order valence-electron chi connectivity index (χ2n) is 6.55. The number of hydrogen-bond donors (Lipinski definition) is 0. The van der Waals surface area contributed by atoms with Crippen LogP contribution in [-0.2, 0) is 17.8 Å². The molecule has 0 atom stereocenters. The fourth-order valence-corrected chi connectivity index (χ4v) is 2.95. The third-order valence-electron chi connectivity index (χ3n) is 4.40. The van der Waals surface area contributed by atoms with Gasteiger partial charge in [0.05, 0.1) is 23.6 Å². The average Bonchev–Trinajstić information content (AvgIpc) is 3.04. The van der Waals surface area contributed by atoms with Crippen LogP contribution in [0.5, 0.6) is 5.88 Å². The first-order valence-electron chi connectivity index (χ1n) is 8.98. The van der Waals surface area contributed by atoms with Gasteiger partial charge in [0.25, 0.3) is 0 Å². The van der Waals surface area contributed by atoms with E-state index in [1.807, 2.05) is 38.1 Å². The quantitative estimate of drug-likeness (QED) is 0.608. The summed E-state index contributed by atoms with van der Waals surface area (Å²) in [5, 5.41) is 4.55. The van der Waals surface area contributed by atoms with Gasteiger partial charge in [0, 0.05) is 13.2 Å². The van der Waals surface area contributed by atoms with Gasteiger partial charge in [-0.15, -0.1) is 0 Å². The van der Waals surface area contributed by atoms with Crippen LogP contribution in [0.15, 0.2) is 48.5 Å². The van der Waals surface area contributed by atoms with Crippen molar-refractivity contribution in [2.75, 3.05) is 7.11 Å². The molecule has 2 aromatic carbocycles. The molecule has 1 aromatic heterocycles. The zero-order valence-corrected chi connectivity index (χ0v) is 16.2. The first-order chi connectivity index (χ1) is 13.0. The molecule has 0 aliphatic carbocycles. The highest BCUT2D eigenvalue weighted by Gasteiger charge is 2.17. The number of carbonyl (C=O) groups excluding carboxylic acids is 1. The van der Waals surface area contributed by atoms with Gasteiger partial charge in [-0.25, -0.2) is 4.79 Å². The molecule has 0 N–H and O–H groups in total. The number of esters is 1. The second kappa shape index (κ2) is 8.18. The van der Waals surface area contributed by atoms with E-state index in [4.69, 9.17) is 9.47 Å². The van der Waals surface area contributed by atoms with Crippen LogP contribution in [0.25, 0.3) is 5.69 Å². The maximum atomic E-state index is 12.6. The number of aryl methyl sites for hydroxylation is 3. The average molecular weight is 364 g/mol. The predicted octanol–water partition coefficient (Wildman–Crippen LogP) is 4.42. The van der Waals surface area contributed by atoms with Gasteiger partial charge >= 0.3 is 5.97 Å². The molecule has 0 saturated heterocycles. The molecule has 0 saturated carbocycles. The zero-order chi connectivity index (χ0) is 19.4. The first-order valence-corrected chi connectivity index (χ1v) is 8.98. The molecule has 3 aromatic rings. The Labute approximate surface area is 159 Å². The number of benzene rings is 2. The summed E-state index contributed by atoms with van der Waals surface area (Å²) >= 11 is 0. The number of methoxy groups -OCH3 is 1. The number of ether oxygens (including phenoxy) is 2. The molecule has 0 fully saturated rings. The van der Waals surface area contributed by atoms with Gasteiger partial charge in [-0.2, -0.15) is 9.78 Å². The van der Waals surface area contributed by atoms with Crippen LogP contribution in [0.2, 0.25) is 0 Å². The fraction of sp³-hybridized carbons (Fsp3) is 0.273. The standard InChI is InChI=1S/C22H24N2O3/c1-5-17-7-9-18(10-8-17)22(25)27-21-13-19(14-26-4)23-24(21)20-11-6-15(2)12-16(20)3/h6-13H,5,14H2,1-4H3. The predicted molar refractivity (Wildman–Crippen MR) is 105 cm³/mol. The molecule has 0 bridgehead atoms. The molecule has 1 heterocycles. The van der Waals surface area contributed by atoms with Crippen LogP contribution in [0.4, 0.5) is 0 Å². The first kappa shape index (κ1) is 18.9. The van der Waals surface area contributed by atoms with Gasteiger partial charge in [-0.1, -0.05) is 36.8 Å². The number of hydrogen-bond acceptors (Lipinski definition) is 4. The Hall–Kier alpha value is -2.92. The molecule has 0 amide bonds. The Kier molecular flexibility index (Phi) is 5.72. The summed E-state index contributed by atoms with van der Waals surface area (Å²) in [6.45, 7) is 6.47. The van der Waals surface area contributed by atoms with Crippen molar-refractivity contribution in [3.63, 3.8) is 0 Å². The molecule has 0 aliphatic heterocycles. The fourth-order valence-electron chi connectivity index (χ4n) is 2.95. The summed E-state index contributed by atoms with van der Waals surface area (Å²) in [5.74, 6) is -0.0360. The monoisotopic (exact) mass is 364 g/mol. The van der Waals surface area contributed by atoms with E-state index in [9.17, 15) is 4.79 Å². The van der Waals surface area contributed by atoms with Crippen molar-refractivity contribution in [1.82, 2.24) is 9.78 Å². The topological polar surface area (TPSA) is 53.4 Å². The molecule has 3 rings (SSSR count). The number of carbonyl (C=O) groups is 1. The molecule has 140 valence electrons. The molecule has 0 aliphatic rings. The van der Waals surface area contributed by atoms with E-state index in [-0.39, 0.29) is 0 Å². The van der Waals surface area contributed by atoms with Gasteiger partial charge in [-0.3, -0.25) is 0 Å². The van der Waals surface area contributed by atoms with Crippen LogP contribution in [-0.4, -0.2) is 22.9 Å². The maximum absolute atomic E-state index is 12.6. The normalized spacial score (nSPS) is 10.8. The van der Waals surface area contributed by atoms with Gasteiger partial charge in [0.15, 0.2) is 0 Å². The van der Waals surface area contributed by atoms with Crippen LogP contribution in [0.3, 0.4) is 0 Å². The van der Waals surface area contributed by atoms with Crippen molar-refractivity contribution in [2.45, 2.75) is 33.8 Å². The van der Waals surface area contributed by atoms with Crippen molar-refractivity contribution >= 4 is 5.97 Å². The highest BCUT2D eigenvalue weighted by atomic mass is 16.5. The lowest BCUT2D eigenvalue weighted by molar-refractivity contribution is 0.0723. The Morgan fingerprint density at radius 1 is 1.07 bits per heavy atom. The Morgan fingerprint density at radius 3 is 2.44 bits per heavy atom. The highest BCUT2D eigenvalue weighted by Crippen LogP contribution is 2.24. The molecular weight excluding hydrogens is 340 g/mol. The molecule has 5 heteroatoms. The van der Waals surface area contributed by atoms with E-state index in [0.29, 0.717) is 23.7 Å². The summed E-state index contributed by atoms with van der Waals surface area (Å²) in [6, 6.07) is 15.2. The maximum Gasteiger partial charge on any atom is 0.344 e. The second-order valence-corrected chi connectivity index (χ2v) is 6.55. The van der Waals surface area contributed by atoms with Crippen LogP contribution < -0.4 is 4.74 Å². The smallest absolute Gasteiger partial charge is 0.344 e. The van der Waals surface area contributed by atoms with E-state index in [0.717, 1.165) is 23.2 Å². The number of rotatable bonds is 6. The van der Waals surface area contributed by atoms with E-state index in [1.54, 1.807) is 30.0 Å². The Bertz CT molecular complexity index is 943. The largest absolute Gasteiger partial charge is 0.404 e. The van der Waals surface area contributed by atoms with Gasteiger partial charge in [0.2, 0.25) is 5.88 Å². The van der Waals surface area contributed by atoms with Crippen molar-refractivity contribution in [3.05, 3.63) is 76.5 Å². The number of nitrogens with zero attached hydrogens (tertiary/aromatic N) is 2. The molecule has 0 spiro atoms. The lowest BCUT2D eigenvalue weighted by atomic mass is 10.1. The lowest BCUT2D eigenvalue weighted by Crippen LogP contribution is -2.12. The van der Waals surface area contributed by atoms with E-state index in [2.05, 4.69) is 18.1 Å². The summed E-state index contributed by atoms with van der Waals surface area (Å²) < 4.78 is 12.5. The molecule has 0 unspecified atom stereocenters. The molecular formula is C22H24N2O3. The third-order valence-corrected chi connectivity index (χ3v) is 4.40. The number of aromatic nitrogens is 2. The van der Waals surface area contributed by atoms with E-state index < -0.39 is 5.97 Å². The molecule has 5 nitrogen and oxygen atoms in total. The summed E-state index contributed by atoms with van der Waals surface area (Å²) in [6.07, 6.45) is 0.926. The van der Waals surface area contributed by atoms with Crippen molar-refractivity contribution in [2.24, 2.45) is 0 Å². The summed E-state index contributed by atoms with van der Waals surface area (Å²) in [4.78, 5) is 12.6. The van der Waals surface area contributed by atoms with Gasteiger partial charge in [0.1, 0.15) is 0 Å². The SMILES string of the molecule is CCc1ccc(C(=O)Oc2cc(COC)nn2-c2ccc(C)cc2C)cc1. The van der Waals surface area contributed by atoms with Crippen LogP contribution in [0.1, 0.15) is 39.7 Å². The van der Waals surface area contributed by atoms with Crippen molar-refractivity contribution in [3.8, 4) is 11.6 Å². The van der Waals surface area contributed by atoms with Gasteiger partial charge < -0.3 is 9.47 Å². The van der Waals surface area contributed by atoms with Gasteiger partial charge in [-0.05, 0) is 49.6 Å². The summed E-state index contributed by atoms with van der Waals surface area (Å²) in [7, 11) is 1.61. The molecule has 27 heavy (non-hydrogen) atoms. The third kappa shape index (κ3) is 4.26. The minimum Gasteiger partial charge on any atom is -0.404 e. The molecule has 0 radical (unpaired) electrons. The van der Waals surface area contributed by atoms with E-state index >= 15 is 0 Å². The van der Waals surface area contributed by atoms with E-state index in [1.165, 1.54) is 5.56 Å². The zero-order valence-electron chi connectivity index (χ0n) is 16.2. The Balaban J connectivity index is 1.94. The lowest BCUT2D eigenvalue weighted by Gasteiger charge is -2.11. The van der Waals surface area contributed by atoms with Crippen molar-refractivity contribution in [1.29, 1.82) is 0 Å². The summed E-state index contributed by atoms with van der Waals surface area (Å²) in [5.41, 5.74) is 5.46. The van der Waals surface area contributed by atoms with Crippen LogP contribution >= 0.6 is 0 Å². The minimum atomic E-state index is -0.410. The van der Waals surface area contributed by atoms with Crippen LogP contribution in [0, 0.1) is 13.8 Å².